The zero-order valence-electron chi connectivity index (χ0n) is 12.6. The molecular formula is C16H25NO2S. The highest BCUT2D eigenvalue weighted by atomic mass is 32.1. The molecular weight excluding hydrogens is 270 g/mol. The summed E-state index contributed by atoms with van der Waals surface area (Å²) in [7, 11) is 1.71. The number of rotatable bonds is 9. The number of hydrogen-bond donors (Lipinski definition) is 1. The molecule has 2 N–H and O–H groups in total. The van der Waals surface area contributed by atoms with Crippen LogP contribution >= 0.6 is 12.2 Å². The van der Waals surface area contributed by atoms with Crippen LogP contribution in [-0.2, 0) is 11.2 Å². The van der Waals surface area contributed by atoms with Crippen molar-refractivity contribution in [1.29, 1.82) is 0 Å². The van der Waals surface area contributed by atoms with Gasteiger partial charge in [-0.15, -0.1) is 0 Å². The molecule has 0 aromatic heterocycles. The molecule has 0 heterocycles. The summed E-state index contributed by atoms with van der Waals surface area (Å²) >= 11 is 5.05. The van der Waals surface area contributed by atoms with Gasteiger partial charge in [0.2, 0.25) is 0 Å². The van der Waals surface area contributed by atoms with Crippen LogP contribution in [-0.4, -0.2) is 25.3 Å². The van der Waals surface area contributed by atoms with Crippen molar-refractivity contribution in [3.8, 4) is 5.75 Å². The molecule has 3 nitrogen and oxygen atoms in total. The standard InChI is InChI=1S/C16H25NO2S/c1-16(2,15(17)20)10-4-11-19-14-7-5-13(6-8-14)9-12-18-3/h5-8H,4,9-12H2,1-3H3,(H2,17,20). The van der Waals surface area contributed by atoms with Gasteiger partial charge in [0.25, 0.3) is 0 Å². The first-order valence-electron chi connectivity index (χ1n) is 6.96. The molecule has 0 saturated carbocycles. The van der Waals surface area contributed by atoms with Crippen LogP contribution in [0.25, 0.3) is 0 Å². The maximum absolute atomic E-state index is 5.73. The van der Waals surface area contributed by atoms with Gasteiger partial charge < -0.3 is 15.2 Å². The first-order chi connectivity index (χ1) is 9.45. The average molecular weight is 295 g/mol. The first-order valence-corrected chi connectivity index (χ1v) is 7.37. The molecule has 0 aliphatic rings. The van der Waals surface area contributed by atoms with E-state index in [-0.39, 0.29) is 5.41 Å². The Hall–Kier alpha value is -1.13. The van der Waals surface area contributed by atoms with E-state index in [4.69, 9.17) is 27.4 Å². The van der Waals surface area contributed by atoms with Crippen molar-refractivity contribution >= 4 is 17.2 Å². The molecule has 0 saturated heterocycles. The second-order valence-corrected chi connectivity index (χ2v) is 6.03. The monoisotopic (exact) mass is 295 g/mol. The lowest BCUT2D eigenvalue weighted by atomic mass is 9.88. The van der Waals surface area contributed by atoms with E-state index in [0.717, 1.165) is 31.6 Å². The highest BCUT2D eigenvalue weighted by molar-refractivity contribution is 7.80. The molecule has 4 heteroatoms. The molecule has 1 rings (SSSR count). The minimum Gasteiger partial charge on any atom is -0.494 e. The number of benzene rings is 1. The van der Waals surface area contributed by atoms with Crippen LogP contribution in [0.5, 0.6) is 5.75 Å². The topological polar surface area (TPSA) is 44.5 Å². The van der Waals surface area contributed by atoms with Gasteiger partial charge in [0.1, 0.15) is 5.75 Å². The van der Waals surface area contributed by atoms with Crippen LogP contribution < -0.4 is 10.5 Å². The maximum atomic E-state index is 5.73. The molecule has 0 fully saturated rings. The number of hydrogen-bond acceptors (Lipinski definition) is 3. The minimum atomic E-state index is -0.0945. The van der Waals surface area contributed by atoms with Gasteiger partial charge in [-0.05, 0) is 37.0 Å². The lowest BCUT2D eigenvalue weighted by Gasteiger charge is -2.22. The van der Waals surface area contributed by atoms with Crippen LogP contribution in [0.4, 0.5) is 0 Å². The maximum Gasteiger partial charge on any atom is 0.119 e. The van der Waals surface area contributed by atoms with Crippen molar-refractivity contribution in [2.45, 2.75) is 33.1 Å². The fourth-order valence-corrected chi connectivity index (χ4v) is 1.90. The van der Waals surface area contributed by atoms with E-state index in [1.54, 1.807) is 7.11 Å². The van der Waals surface area contributed by atoms with Gasteiger partial charge in [-0.1, -0.05) is 38.2 Å². The summed E-state index contributed by atoms with van der Waals surface area (Å²) < 4.78 is 10.8. The third-order valence-electron chi connectivity index (χ3n) is 3.40. The Labute approximate surface area is 127 Å². The third kappa shape index (κ3) is 5.88. The summed E-state index contributed by atoms with van der Waals surface area (Å²) in [4.78, 5) is 0.569. The average Bonchev–Trinajstić information content (AvgIpc) is 2.42. The highest BCUT2D eigenvalue weighted by Gasteiger charge is 2.20. The number of thiocarbonyl (C=S) groups is 1. The summed E-state index contributed by atoms with van der Waals surface area (Å²) in [5.41, 5.74) is 6.86. The molecule has 0 atom stereocenters. The SMILES string of the molecule is COCCc1ccc(OCCCC(C)(C)C(N)=S)cc1. The molecule has 0 spiro atoms. The van der Waals surface area contributed by atoms with Crippen molar-refractivity contribution in [3.63, 3.8) is 0 Å². The Balaban J connectivity index is 2.30. The van der Waals surface area contributed by atoms with Crippen molar-refractivity contribution in [2.75, 3.05) is 20.3 Å². The Morgan fingerprint density at radius 3 is 2.40 bits per heavy atom. The Kier molecular flexibility index (Phi) is 6.96. The van der Waals surface area contributed by atoms with Crippen molar-refractivity contribution in [3.05, 3.63) is 29.8 Å². The van der Waals surface area contributed by atoms with Gasteiger partial charge in [0, 0.05) is 12.5 Å². The summed E-state index contributed by atoms with van der Waals surface area (Å²) in [5.74, 6) is 0.902. The number of ether oxygens (including phenoxy) is 2. The van der Waals surface area contributed by atoms with Crippen molar-refractivity contribution < 1.29 is 9.47 Å². The molecule has 0 aliphatic heterocycles. The van der Waals surface area contributed by atoms with Gasteiger partial charge in [0.15, 0.2) is 0 Å². The van der Waals surface area contributed by atoms with E-state index in [9.17, 15) is 0 Å². The summed E-state index contributed by atoms with van der Waals surface area (Å²) in [6, 6.07) is 8.16. The van der Waals surface area contributed by atoms with Gasteiger partial charge in [-0.2, -0.15) is 0 Å². The fraction of sp³-hybridized carbons (Fsp3) is 0.562. The van der Waals surface area contributed by atoms with Gasteiger partial charge in [0.05, 0.1) is 18.2 Å². The van der Waals surface area contributed by atoms with Gasteiger partial charge in [-0.3, -0.25) is 0 Å². The zero-order chi connectivity index (χ0) is 15.0. The highest BCUT2D eigenvalue weighted by Crippen LogP contribution is 2.23. The molecule has 1 aromatic rings. The molecule has 1 aromatic carbocycles. The predicted molar refractivity (Wildman–Crippen MR) is 87.3 cm³/mol. The second kappa shape index (κ2) is 8.22. The summed E-state index contributed by atoms with van der Waals surface area (Å²) in [5, 5.41) is 0. The quantitative estimate of drug-likeness (QED) is 0.560. The number of methoxy groups -OCH3 is 1. The zero-order valence-corrected chi connectivity index (χ0v) is 13.5. The lowest BCUT2D eigenvalue weighted by molar-refractivity contribution is 0.202. The largest absolute Gasteiger partial charge is 0.494 e. The van der Waals surface area contributed by atoms with E-state index >= 15 is 0 Å². The smallest absolute Gasteiger partial charge is 0.119 e. The Bertz CT molecular complexity index is 415. The Morgan fingerprint density at radius 2 is 1.85 bits per heavy atom. The second-order valence-electron chi connectivity index (χ2n) is 5.59. The Morgan fingerprint density at radius 1 is 1.20 bits per heavy atom. The van der Waals surface area contributed by atoms with E-state index < -0.39 is 0 Å². The molecule has 0 unspecified atom stereocenters. The molecule has 0 amide bonds. The summed E-state index contributed by atoms with van der Waals surface area (Å²) in [6.45, 7) is 5.57. The molecule has 112 valence electrons. The van der Waals surface area contributed by atoms with Crippen LogP contribution in [0.3, 0.4) is 0 Å². The van der Waals surface area contributed by atoms with E-state index in [1.807, 2.05) is 12.1 Å². The predicted octanol–water partition coefficient (Wildman–Crippen LogP) is 3.35. The van der Waals surface area contributed by atoms with Gasteiger partial charge in [-0.25, -0.2) is 0 Å². The van der Waals surface area contributed by atoms with Gasteiger partial charge >= 0.3 is 0 Å². The van der Waals surface area contributed by atoms with E-state index in [1.165, 1.54) is 5.56 Å². The van der Waals surface area contributed by atoms with E-state index in [0.29, 0.717) is 11.6 Å². The first kappa shape index (κ1) is 16.9. The number of nitrogens with two attached hydrogens (primary N) is 1. The van der Waals surface area contributed by atoms with Crippen LogP contribution in [0.2, 0.25) is 0 Å². The van der Waals surface area contributed by atoms with Crippen LogP contribution in [0.1, 0.15) is 32.3 Å². The fourth-order valence-electron chi connectivity index (χ4n) is 1.80. The molecule has 0 bridgehead atoms. The van der Waals surface area contributed by atoms with Crippen molar-refractivity contribution in [1.82, 2.24) is 0 Å². The lowest BCUT2D eigenvalue weighted by Crippen LogP contribution is -2.30. The van der Waals surface area contributed by atoms with Crippen molar-refractivity contribution in [2.24, 2.45) is 11.1 Å². The summed E-state index contributed by atoms with van der Waals surface area (Å²) in [6.07, 6.45) is 2.81. The van der Waals surface area contributed by atoms with E-state index in [2.05, 4.69) is 26.0 Å². The third-order valence-corrected chi connectivity index (χ3v) is 3.95. The normalized spacial score (nSPS) is 11.3. The van der Waals surface area contributed by atoms with Crippen LogP contribution in [0, 0.1) is 5.41 Å². The molecule has 0 radical (unpaired) electrons. The minimum absolute atomic E-state index is 0.0945. The molecule has 20 heavy (non-hydrogen) atoms. The molecule has 0 aliphatic carbocycles. The van der Waals surface area contributed by atoms with Crippen LogP contribution in [0.15, 0.2) is 24.3 Å².